The highest BCUT2D eigenvalue weighted by molar-refractivity contribution is 5.92. The molecule has 2 heterocycles. The van der Waals surface area contributed by atoms with Crippen molar-refractivity contribution in [1.29, 1.82) is 5.26 Å². The number of ether oxygens (including phenoxy) is 1. The molecule has 5 rings (SSSR count). The van der Waals surface area contributed by atoms with E-state index in [-0.39, 0.29) is 0 Å². The van der Waals surface area contributed by atoms with Gasteiger partial charge in [0.05, 0.1) is 30.0 Å². The average molecular weight is 431 g/mol. The third kappa shape index (κ3) is 3.65. The molecule has 2 aromatic heterocycles. The summed E-state index contributed by atoms with van der Waals surface area (Å²) in [6.45, 7) is 0. The molecule has 0 aliphatic heterocycles. The third-order valence-electron chi connectivity index (χ3n) is 5.92. The quantitative estimate of drug-likeness (QED) is 0.359. The first kappa shape index (κ1) is 20.6. The highest BCUT2D eigenvalue weighted by Crippen LogP contribution is 2.44. The molecule has 0 fully saturated rings. The van der Waals surface area contributed by atoms with Crippen LogP contribution in [0, 0.1) is 11.3 Å². The number of aromatic nitrogens is 1. The fourth-order valence-electron chi connectivity index (χ4n) is 4.35. The molecule has 160 valence electrons. The molecule has 0 radical (unpaired) electrons. The number of nitrogens with zero attached hydrogens (tertiary/aromatic N) is 2. The van der Waals surface area contributed by atoms with E-state index in [1.54, 1.807) is 13.2 Å². The van der Waals surface area contributed by atoms with Gasteiger partial charge in [-0.3, -0.25) is 0 Å². The molecule has 0 spiro atoms. The summed E-state index contributed by atoms with van der Waals surface area (Å²) in [4.78, 5) is 0. The first-order valence-electron chi connectivity index (χ1n) is 10.7. The number of benzene rings is 3. The smallest absolute Gasteiger partial charge is 0.118 e. The number of hydrogen-bond donors (Lipinski definition) is 1. The number of aliphatic hydroxyl groups excluding tert-OH is 1. The number of pyridine rings is 1. The Morgan fingerprint density at radius 3 is 2.09 bits per heavy atom. The maximum Gasteiger partial charge on any atom is 0.118 e. The highest BCUT2D eigenvalue weighted by atomic mass is 16.5. The zero-order chi connectivity index (χ0) is 22.8. The van der Waals surface area contributed by atoms with Crippen LogP contribution in [-0.4, -0.2) is 16.6 Å². The maximum atomic E-state index is 11.7. The van der Waals surface area contributed by atoms with Gasteiger partial charge in [0.1, 0.15) is 11.9 Å². The molecular formula is C29H22N2O2. The van der Waals surface area contributed by atoms with Gasteiger partial charge in [-0.05, 0) is 41.0 Å². The Bertz CT molecular complexity index is 1450. The molecule has 0 aliphatic carbocycles. The fraction of sp³-hybridized carbons (Fsp3) is 0.0690. The predicted octanol–water partition coefficient (Wildman–Crippen LogP) is 6.24. The van der Waals surface area contributed by atoms with Crippen molar-refractivity contribution in [2.45, 2.75) is 6.10 Å². The van der Waals surface area contributed by atoms with Crippen LogP contribution in [0.1, 0.15) is 22.8 Å². The maximum absolute atomic E-state index is 11.7. The lowest BCUT2D eigenvalue weighted by Crippen LogP contribution is -2.01. The minimum Gasteiger partial charge on any atom is -0.497 e. The summed E-state index contributed by atoms with van der Waals surface area (Å²) >= 11 is 0. The normalized spacial score (nSPS) is 11.8. The number of aliphatic hydroxyl groups is 1. The molecule has 0 amide bonds. The van der Waals surface area contributed by atoms with E-state index >= 15 is 0 Å². The Morgan fingerprint density at radius 1 is 0.848 bits per heavy atom. The monoisotopic (exact) mass is 430 g/mol. The van der Waals surface area contributed by atoms with Crippen molar-refractivity contribution in [3.05, 3.63) is 120 Å². The number of methoxy groups -OCH3 is 1. The number of rotatable bonds is 5. The molecule has 4 nitrogen and oxygen atoms in total. The lowest BCUT2D eigenvalue weighted by Gasteiger charge is -2.15. The molecule has 0 bridgehead atoms. The SMILES string of the molecule is COc1ccc(C(O)c2c(-c3ccccc3)c(-c3ccccc3)n3ccc(C#N)cc23)cc1. The van der Waals surface area contributed by atoms with Crippen molar-refractivity contribution in [2.75, 3.05) is 7.11 Å². The Hall–Kier alpha value is -4.33. The van der Waals surface area contributed by atoms with Crippen LogP contribution in [0.4, 0.5) is 0 Å². The molecule has 1 N–H and O–H groups in total. The van der Waals surface area contributed by atoms with Gasteiger partial charge in [-0.2, -0.15) is 5.26 Å². The van der Waals surface area contributed by atoms with Crippen LogP contribution in [0.15, 0.2) is 103 Å². The highest BCUT2D eigenvalue weighted by Gasteiger charge is 2.26. The Morgan fingerprint density at radius 2 is 1.48 bits per heavy atom. The van der Waals surface area contributed by atoms with Gasteiger partial charge in [-0.25, -0.2) is 0 Å². The van der Waals surface area contributed by atoms with Gasteiger partial charge >= 0.3 is 0 Å². The van der Waals surface area contributed by atoms with E-state index in [2.05, 4.69) is 34.7 Å². The molecular weight excluding hydrogens is 408 g/mol. The molecule has 1 atom stereocenters. The van der Waals surface area contributed by atoms with Crippen molar-refractivity contribution < 1.29 is 9.84 Å². The van der Waals surface area contributed by atoms with Gasteiger partial charge in [0, 0.05) is 17.3 Å². The Balaban J connectivity index is 1.87. The van der Waals surface area contributed by atoms with E-state index in [0.717, 1.165) is 44.8 Å². The first-order chi connectivity index (χ1) is 16.2. The van der Waals surface area contributed by atoms with Crippen molar-refractivity contribution in [2.24, 2.45) is 0 Å². The second kappa shape index (κ2) is 8.66. The zero-order valence-corrected chi connectivity index (χ0v) is 18.1. The van der Waals surface area contributed by atoms with E-state index < -0.39 is 6.10 Å². The third-order valence-corrected chi connectivity index (χ3v) is 5.92. The van der Waals surface area contributed by atoms with E-state index in [4.69, 9.17) is 4.74 Å². The van der Waals surface area contributed by atoms with Gasteiger partial charge in [0.2, 0.25) is 0 Å². The lowest BCUT2D eigenvalue weighted by molar-refractivity contribution is 0.222. The van der Waals surface area contributed by atoms with Crippen LogP contribution in [0.2, 0.25) is 0 Å². The van der Waals surface area contributed by atoms with E-state index in [9.17, 15) is 10.4 Å². The van der Waals surface area contributed by atoms with Crippen molar-refractivity contribution in [3.63, 3.8) is 0 Å². The van der Waals surface area contributed by atoms with Gasteiger partial charge in [-0.1, -0.05) is 72.8 Å². The van der Waals surface area contributed by atoms with Crippen LogP contribution in [0.25, 0.3) is 27.9 Å². The zero-order valence-electron chi connectivity index (χ0n) is 18.1. The minimum absolute atomic E-state index is 0.544. The standard InChI is InChI=1S/C29H22N2O2/c1-33-24-14-12-23(13-15-24)29(32)27-25-18-20(19-30)16-17-31(25)28(22-10-6-3-7-11-22)26(27)21-8-4-2-5-9-21/h2-18,29,32H,1H3. The van der Waals surface area contributed by atoms with Gasteiger partial charge < -0.3 is 14.2 Å². The molecule has 4 heteroatoms. The number of fused-ring (bicyclic) bond motifs is 1. The molecule has 0 aliphatic rings. The topological polar surface area (TPSA) is 57.7 Å². The Labute approximate surface area is 192 Å². The van der Waals surface area contributed by atoms with Gasteiger partial charge in [0.15, 0.2) is 0 Å². The summed E-state index contributed by atoms with van der Waals surface area (Å²) in [5, 5.41) is 21.3. The molecule has 0 saturated heterocycles. The number of hydrogen-bond acceptors (Lipinski definition) is 3. The largest absolute Gasteiger partial charge is 0.497 e. The van der Waals surface area contributed by atoms with Crippen LogP contribution in [0.5, 0.6) is 5.75 Å². The summed E-state index contributed by atoms with van der Waals surface area (Å²) in [5.74, 6) is 0.729. The summed E-state index contributed by atoms with van der Waals surface area (Å²) in [5.41, 5.74) is 6.82. The van der Waals surface area contributed by atoms with Crippen LogP contribution in [-0.2, 0) is 0 Å². The summed E-state index contributed by atoms with van der Waals surface area (Å²) < 4.78 is 7.36. The van der Waals surface area contributed by atoms with Crippen molar-refractivity contribution in [3.8, 4) is 34.2 Å². The summed E-state index contributed by atoms with van der Waals surface area (Å²) in [7, 11) is 1.62. The second-order valence-electron chi connectivity index (χ2n) is 7.83. The van der Waals surface area contributed by atoms with Crippen LogP contribution >= 0.6 is 0 Å². The molecule has 5 aromatic rings. The van der Waals surface area contributed by atoms with Gasteiger partial charge in [0.25, 0.3) is 0 Å². The van der Waals surface area contributed by atoms with Gasteiger partial charge in [-0.15, -0.1) is 0 Å². The van der Waals surface area contributed by atoms with E-state index in [0.29, 0.717) is 5.56 Å². The number of nitriles is 1. The van der Waals surface area contributed by atoms with E-state index in [1.165, 1.54) is 0 Å². The Kier molecular flexibility index (Phi) is 5.40. The van der Waals surface area contributed by atoms with E-state index in [1.807, 2.05) is 72.9 Å². The summed E-state index contributed by atoms with van der Waals surface area (Å²) in [6, 6.07) is 33.5. The molecule has 3 aromatic carbocycles. The molecule has 0 saturated carbocycles. The fourth-order valence-corrected chi connectivity index (χ4v) is 4.35. The minimum atomic E-state index is -0.896. The lowest BCUT2D eigenvalue weighted by atomic mass is 9.92. The summed E-state index contributed by atoms with van der Waals surface area (Å²) in [6.07, 6.45) is 1.01. The van der Waals surface area contributed by atoms with Crippen molar-refractivity contribution >= 4 is 5.52 Å². The molecule has 33 heavy (non-hydrogen) atoms. The van der Waals surface area contributed by atoms with Crippen molar-refractivity contribution in [1.82, 2.24) is 4.40 Å². The first-order valence-corrected chi connectivity index (χ1v) is 10.7. The average Bonchev–Trinajstić information content (AvgIpc) is 3.23. The molecule has 1 unspecified atom stereocenters. The second-order valence-corrected chi connectivity index (χ2v) is 7.83. The van der Waals surface area contributed by atoms with Crippen LogP contribution in [0.3, 0.4) is 0 Å². The predicted molar refractivity (Wildman–Crippen MR) is 130 cm³/mol. The van der Waals surface area contributed by atoms with Crippen LogP contribution < -0.4 is 4.74 Å².